The normalized spacial score (nSPS) is 18.5. The van der Waals surface area contributed by atoms with E-state index in [-0.39, 0.29) is 18.2 Å². The van der Waals surface area contributed by atoms with E-state index in [0.29, 0.717) is 12.2 Å². The highest BCUT2D eigenvalue weighted by Crippen LogP contribution is 2.32. The van der Waals surface area contributed by atoms with Gasteiger partial charge in [0.25, 0.3) is 5.91 Å². The van der Waals surface area contributed by atoms with Gasteiger partial charge in [-0.1, -0.05) is 12.1 Å². The Balaban J connectivity index is 1.31. The quantitative estimate of drug-likeness (QED) is 0.535. The Labute approximate surface area is 197 Å². The molecule has 2 aliphatic rings. The van der Waals surface area contributed by atoms with E-state index in [2.05, 4.69) is 26.2 Å². The van der Waals surface area contributed by atoms with Crippen LogP contribution in [0.25, 0.3) is 0 Å². The number of hydrogen-bond acceptors (Lipinski definition) is 5. The van der Waals surface area contributed by atoms with Crippen molar-refractivity contribution in [3.8, 4) is 0 Å². The highest BCUT2D eigenvalue weighted by molar-refractivity contribution is 7.10. The van der Waals surface area contributed by atoms with Crippen LogP contribution in [0.5, 0.6) is 0 Å². The fourth-order valence-electron chi connectivity index (χ4n) is 4.66. The molecule has 2 aromatic rings. The van der Waals surface area contributed by atoms with Gasteiger partial charge in [-0.3, -0.25) is 4.79 Å². The minimum atomic E-state index is -4.08. The van der Waals surface area contributed by atoms with Gasteiger partial charge in [0.1, 0.15) is 5.69 Å². The van der Waals surface area contributed by atoms with Crippen LogP contribution in [0.15, 0.2) is 29.6 Å². The van der Waals surface area contributed by atoms with Crippen LogP contribution in [0, 0.1) is 0 Å². The van der Waals surface area contributed by atoms with Gasteiger partial charge >= 0.3 is 6.18 Å². The van der Waals surface area contributed by atoms with E-state index in [0.717, 1.165) is 55.4 Å². The molecule has 1 N–H and O–H groups in total. The molecule has 0 saturated carbocycles. The molecule has 180 valence electrons. The molecule has 2 aliphatic heterocycles. The summed E-state index contributed by atoms with van der Waals surface area (Å²) in [4.78, 5) is 22.0. The van der Waals surface area contributed by atoms with Crippen molar-refractivity contribution >= 4 is 28.6 Å². The van der Waals surface area contributed by atoms with Gasteiger partial charge in [-0.15, -0.1) is 11.3 Å². The van der Waals surface area contributed by atoms with Crippen LogP contribution in [-0.4, -0.2) is 54.7 Å². The topological polar surface area (TPSA) is 48.5 Å². The van der Waals surface area contributed by atoms with Crippen molar-refractivity contribution < 1.29 is 18.0 Å². The Morgan fingerprint density at radius 1 is 1.09 bits per heavy atom. The molecule has 3 heterocycles. The number of carbonyl (C=O) groups excluding carboxylic acids is 1. The maximum Gasteiger partial charge on any atom is 0.389 e. The number of amides is 1. The minimum absolute atomic E-state index is 0.147. The van der Waals surface area contributed by atoms with Crippen LogP contribution < -0.4 is 10.2 Å². The monoisotopic (exact) mass is 480 g/mol. The van der Waals surface area contributed by atoms with Crippen molar-refractivity contribution in [2.45, 2.75) is 57.0 Å². The van der Waals surface area contributed by atoms with Crippen molar-refractivity contribution in [1.82, 2.24) is 9.88 Å². The maximum atomic E-state index is 12.9. The first-order chi connectivity index (χ1) is 15.9. The van der Waals surface area contributed by atoms with E-state index in [9.17, 15) is 18.0 Å². The predicted molar refractivity (Wildman–Crippen MR) is 126 cm³/mol. The lowest BCUT2D eigenvalue weighted by atomic mass is 9.97. The molecule has 0 spiro atoms. The number of hydrogen-bond donors (Lipinski definition) is 1. The van der Waals surface area contributed by atoms with Gasteiger partial charge in [0, 0.05) is 30.8 Å². The number of piperidine rings is 2. The summed E-state index contributed by atoms with van der Waals surface area (Å²) in [5, 5.41) is 5.80. The van der Waals surface area contributed by atoms with Crippen LogP contribution in [0.3, 0.4) is 0 Å². The highest BCUT2D eigenvalue weighted by Gasteiger charge is 2.28. The fraction of sp³-hybridized carbons (Fsp3) is 0.583. The van der Waals surface area contributed by atoms with Gasteiger partial charge in [0.15, 0.2) is 0 Å². The number of rotatable bonds is 7. The van der Waals surface area contributed by atoms with Gasteiger partial charge < -0.3 is 15.1 Å². The van der Waals surface area contributed by atoms with Crippen LogP contribution in [-0.2, 0) is 0 Å². The number of carbonyl (C=O) groups is 1. The fourth-order valence-corrected chi connectivity index (χ4v) is 5.63. The third kappa shape index (κ3) is 6.69. The second-order valence-electron chi connectivity index (χ2n) is 8.92. The smallest absolute Gasteiger partial charge is 0.370 e. The first-order valence-corrected chi connectivity index (χ1v) is 12.7. The molecule has 4 rings (SSSR count). The number of nitrogens with one attached hydrogen (secondary N) is 1. The molecule has 0 bridgehead atoms. The van der Waals surface area contributed by atoms with Crippen LogP contribution in [0.2, 0.25) is 0 Å². The van der Waals surface area contributed by atoms with E-state index in [1.54, 1.807) is 0 Å². The van der Waals surface area contributed by atoms with Gasteiger partial charge in [-0.2, -0.15) is 13.2 Å². The molecule has 0 atom stereocenters. The molecule has 1 aromatic carbocycles. The highest BCUT2D eigenvalue weighted by atomic mass is 32.1. The SMILES string of the molecule is O=C(Nc1ccccc1N1CCCCC1)c1csc(C2CCN(CCCC(F)(F)F)CC2)n1. The average Bonchev–Trinajstić information content (AvgIpc) is 3.30. The third-order valence-electron chi connectivity index (χ3n) is 6.47. The minimum Gasteiger partial charge on any atom is -0.370 e. The molecule has 1 amide bonds. The van der Waals surface area contributed by atoms with E-state index in [4.69, 9.17) is 0 Å². The molecule has 5 nitrogen and oxygen atoms in total. The Morgan fingerprint density at radius 3 is 2.55 bits per heavy atom. The Bertz CT molecular complexity index is 918. The lowest BCUT2D eigenvalue weighted by Gasteiger charge is -2.31. The number of benzene rings is 1. The molecule has 33 heavy (non-hydrogen) atoms. The Hall–Kier alpha value is -2.13. The molecule has 9 heteroatoms. The largest absolute Gasteiger partial charge is 0.389 e. The predicted octanol–water partition coefficient (Wildman–Crippen LogP) is 5.91. The molecule has 2 saturated heterocycles. The molecule has 2 fully saturated rings. The number of anilines is 2. The summed E-state index contributed by atoms with van der Waals surface area (Å²) < 4.78 is 37.1. The summed E-state index contributed by atoms with van der Waals surface area (Å²) in [6, 6.07) is 7.91. The van der Waals surface area contributed by atoms with E-state index in [1.165, 1.54) is 30.6 Å². The standard InChI is InChI=1S/C24H31F3N4OS/c25-24(26,27)11-6-12-30-15-9-18(10-16-30)23-29-20(17-33-23)22(32)28-19-7-2-3-8-21(19)31-13-4-1-5-14-31/h2-3,7-8,17-18H,1,4-6,9-16H2,(H,28,32). The number of para-hydroxylation sites is 2. The van der Waals surface area contributed by atoms with E-state index < -0.39 is 12.6 Å². The first kappa shape index (κ1) is 24.0. The van der Waals surface area contributed by atoms with Gasteiger partial charge in [0.2, 0.25) is 0 Å². The summed E-state index contributed by atoms with van der Waals surface area (Å²) in [6.07, 6.45) is 0.644. The zero-order chi connectivity index (χ0) is 23.3. The number of aromatic nitrogens is 1. The number of likely N-dealkylation sites (tertiary alicyclic amines) is 1. The van der Waals surface area contributed by atoms with Crippen molar-refractivity contribution in [1.29, 1.82) is 0 Å². The van der Waals surface area contributed by atoms with Gasteiger partial charge in [-0.25, -0.2) is 4.98 Å². The van der Waals surface area contributed by atoms with Crippen LogP contribution >= 0.6 is 11.3 Å². The lowest BCUT2D eigenvalue weighted by Crippen LogP contribution is -2.34. The summed E-state index contributed by atoms with van der Waals surface area (Å²) >= 11 is 1.50. The number of halogens is 3. The zero-order valence-electron chi connectivity index (χ0n) is 18.7. The van der Waals surface area contributed by atoms with Gasteiger partial charge in [-0.05, 0) is 70.3 Å². The summed E-state index contributed by atoms with van der Waals surface area (Å²) in [5.74, 6) is 0.0580. The zero-order valence-corrected chi connectivity index (χ0v) is 19.6. The van der Waals surface area contributed by atoms with E-state index >= 15 is 0 Å². The number of nitrogens with zero attached hydrogens (tertiary/aromatic N) is 3. The van der Waals surface area contributed by atoms with Crippen LogP contribution in [0.1, 0.15) is 66.4 Å². The second-order valence-corrected chi connectivity index (χ2v) is 9.81. The number of alkyl halides is 3. The second kappa shape index (κ2) is 10.9. The Morgan fingerprint density at radius 2 is 1.82 bits per heavy atom. The molecule has 0 radical (unpaired) electrons. The van der Waals surface area contributed by atoms with E-state index in [1.807, 2.05) is 23.6 Å². The average molecular weight is 481 g/mol. The molecule has 0 aliphatic carbocycles. The van der Waals surface area contributed by atoms with Crippen molar-refractivity contribution in [3.63, 3.8) is 0 Å². The summed E-state index contributed by atoms with van der Waals surface area (Å²) in [6.45, 7) is 4.03. The Kier molecular flexibility index (Phi) is 7.90. The van der Waals surface area contributed by atoms with Crippen molar-refractivity contribution in [3.05, 3.63) is 40.3 Å². The molecular weight excluding hydrogens is 449 g/mol. The van der Waals surface area contributed by atoms with Crippen LogP contribution in [0.4, 0.5) is 24.5 Å². The lowest BCUT2D eigenvalue weighted by molar-refractivity contribution is -0.136. The van der Waals surface area contributed by atoms with Crippen molar-refractivity contribution in [2.75, 3.05) is 42.9 Å². The van der Waals surface area contributed by atoms with Crippen molar-refractivity contribution in [2.24, 2.45) is 0 Å². The maximum absolute atomic E-state index is 12.9. The molecular formula is C24H31F3N4OS. The molecule has 0 unspecified atom stereocenters. The van der Waals surface area contributed by atoms with Gasteiger partial charge in [0.05, 0.1) is 16.4 Å². The third-order valence-corrected chi connectivity index (χ3v) is 7.48. The number of thiazole rings is 1. The first-order valence-electron chi connectivity index (χ1n) is 11.8. The molecule has 1 aromatic heterocycles. The summed E-state index contributed by atoms with van der Waals surface area (Å²) in [5.41, 5.74) is 2.29. The summed E-state index contributed by atoms with van der Waals surface area (Å²) in [7, 11) is 0.